The van der Waals surface area contributed by atoms with Crippen molar-refractivity contribution in [2.75, 3.05) is 12.8 Å². The van der Waals surface area contributed by atoms with E-state index in [9.17, 15) is 4.79 Å². The summed E-state index contributed by atoms with van der Waals surface area (Å²) in [5, 5.41) is 3.57. The maximum atomic E-state index is 11.6. The van der Waals surface area contributed by atoms with Crippen molar-refractivity contribution in [1.82, 2.24) is 10.3 Å². The summed E-state index contributed by atoms with van der Waals surface area (Å²) in [4.78, 5) is 15.4. The van der Waals surface area contributed by atoms with Gasteiger partial charge in [0.25, 0.3) is 5.91 Å². The molecule has 0 aliphatic heterocycles. The Bertz CT molecular complexity index is 346. The van der Waals surface area contributed by atoms with Crippen molar-refractivity contribution in [3.63, 3.8) is 0 Å². The zero-order chi connectivity index (χ0) is 11.3. The molecule has 0 aliphatic rings. The maximum Gasteiger partial charge on any atom is 0.251 e. The quantitative estimate of drug-likeness (QED) is 0.826. The lowest BCUT2D eigenvalue weighted by molar-refractivity contribution is 0.0954. The second-order valence-corrected chi connectivity index (χ2v) is 4.79. The molecular weight excluding hydrogens is 232 g/mol. The van der Waals surface area contributed by atoms with E-state index < -0.39 is 0 Å². The van der Waals surface area contributed by atoms with E-state index in [0.717, 1.165) is 0 Å². The van der Waals surface area contributed by atoms with Crippen molar-refractivity contribution < 1.29 is 4.79 Å². The van der Waals surface area contributed by atoms with Crippen LogP contribution in [0.2, 0.25) is 5.15 Å². The van der Waals surface area contributed by atoms with E-state index in [2.05, 4.69) is 17.2 Å². The first-order chi connectivity index (χ1) is 7.13. The van der Waals surface area contributed by atoms with E-state index in [1.807, 2.05) is 6.26 Å². The van der Waals surface area contributed by atoms with E-state index in [0.29, 0.717) is 22.5 Å². The summed E-state index contributed by atoms with van der Waals surface area (Å²) in [6.45, 7) is 2.71. The maximum absolute atomic E-state index is 11.6. The number of pyridine rings is 1. The highest BCUT2D eigenvalue weighted by Crippen LogP contribution is 2.07. The Morgan fingerprint density at radius 1 is 1.73 bits per heavy atom. The number of halogens is 1. The van der Waals surface area contributed by atoms with Crippen LogP contribution in [0.1, 0.15) is 17.3 Å². The molecule has 1 rings (SSSR count). The zero-order valence-corrected chi connectivity index (χ0v) is 10.2. The molecule has 0 radical (unpaired) electrons. The van der Waals surface area contributed by atoms with Crippen LogP contribution in [0.4, 0.5) is 0 Å². The monoisotopic (exact) mass is 244 g/mol. The third kappa shape index (κ3) is 4.10. The first kappa shape index (κ1) is 12.3. The molecule has 0 fully saturated rings. The second-order valence-electron chi connectivity index (χ2n) is 3.12. The highest BCUT2D eigenvalue weighted by molar-refractivity contribution is 7.99. The number of carbonyl (C=O) groups is 1. The van der Waals surface area contributed by atoms with Gasteiger partial charge in [-0.1, -0.05) is 18.5 Å². The molecule has 3 nitrogen and oxygen atoms in total. The molecule has 1 aromatic heterocycles. The van der Waals surface area contributed by atoms with E-state index in [1.165, 1.54) is 6.20 Å². The standard InChI is InChI=1S/C10H13ClN2OS/c1-7(15-2)6-13-10(14)8-3-4-12-9(11)5-8/h3-5,7H,6H2,1-2H3,(H,13,14). The average Bonchev–Trinajstić information content (AvgIpc) is 2.25. The molecule has 0 aromatic carbocycles. The molecule has 0 bridgehead atoms. The van der Waals surface area contributed by atoms with Gasteiger partial charge in [-0.05, 0) is 18.4 Å². The lowest BCUT2D eigenvalue weighted by atomic mass is 10.2. The summed E-state index contributed by atoms with van der Waals surface area (Å²) in [5.74, 6) is -0.111. The van der Waals surface area contributed by atoms with Crippen molar-refractivity contribution in [3.05, 3.63) is 29.0 Å². The summed E-state index contributed by atoms with van der Waals surface area (Å²) < 4.78 is 0. The lowest BCUT2D eigenvalue weighted by Gasteiger charge is -2.09. The number of aromatic nitrogens is 1. The molecule has 15 heavy (non-hydrogen) atoms. The van der Waals surface area contributed by atoms with Crippen LogP contribution in [0.15, 0.2) is 18.3 Å². The number of nitrogens with one attached hydrogen (secondary N) is 1. The molecule has 82 valence electrons. The van der Waals surface area contributed by atoms with Crippen LogP contribution in [-0.2, 0) is 0 Å². The fourth-order valence-corrected chi connectivity index (χ4v) is 1.39. The molecule has 1 unspecified atom stereocenters. The molecule has 0 saturated carbocycles. The molecule has 0 spiro atoms. The van der Waals surface area contributed by atoms with Crippen molar-refractivity contribution in [1.29, 1.82) is 0 Å². The summed E-state index contributed by atoms with van der Waals surface area (Å²) in [6, 6.07) is 3.20. The van der Waals surface area contributed by atoms with Gasteiger partial charge in [0, 0.05) is 23.6 Å². The Balaban J connectivity index is 2.54. The van der Waals surface area contributed by atoms with Gasteiger partial charge in [0.1, 0.15) is 5.15 Å². The van der Waals surface area contributed by atoms with E-state index in [-0.39, 0.29) is 5.91 Å². The van der Waals surface area contributed by atoms with Gasteiger partial charge in [0.15, 0.2) is 0 Å². The Morgan fingerprint density at radius 2 is 2.47 bits per heavy atom. The predicted molar refractivity (Wildman–Crippen MR) is 64.6 cm³/mol. The Labute approximate surface area is 98.6 Å². The van der Waals surface area contributed by atoms with Gasteiger partial charge in [-0.3, -0.25) is 4.79 Å². The fourth-order valence-electron chi connectivity index (χ4n) is 0.966. The predicted octanol–water partition coefficient (Wildman–Crippen LogP) is 2.22. The molecule has 5 heteroatoms. The SMILES string of the molecule is CSC(C)CNC(=O)c1ccnc(Cl)c1. The number of nitrogens with zero attached hydrogens (tertiary/aromatic N) is 1. The molecule has 1 N–H and O–H groups in total. The summed E-state index contributed by atoms with van der Waals surface area (Å²) >= 11 is 7.40. The van der Waals surface area contributed by atoms with Crippen LogP contribution in [-0.4, -0.2) is 28.9 Å². The number of rotatable bonds is 4. The van der Waals surface area contributed by atoms with Crippen LogP contribution in [0.25, 0.3) is 0 Å². The second kappa shape index (κ2) is 5.98. The Morgan fingerprint density at radius 3 is 3.07 bits per heavy atom. The molecule has 1 amide bonds. The number of amides is 1. The van der Waals surface area contributed by atoms with E-state index in [1.54, 1.807) is 23.9 Å². The number of hydrogen-bond acceptors (Lipinski definition) is 3. The van der Waals surface area contributed by atoms with Crippen LogP contribution in [0, 0.1) is 0 Å². The molecule has 1 atom stereocenters. The Hall–Kier alpha value is -0.740. The van der Waals surface area contributed by atoms with Gasteiger partial charge in [0.2, 0.25) is 0 Å². The third-order valence-electron chi connectivity index (χ3n) is 1.94. The normalized spacial score (nSPS) is 12.2. The first-order valence-electron chi connectivity index (χ1n) is 4.56. The van der Waals surface area contributed by atoms with Crippen molar-refractivity contribution >= 4 is 29.3 Å². The van der Waals surface area contributed by atoms with Crippen molar-refractivity contribution in [2.24, 2.45) is 0 Å². The fraction of sp³-hybridized carbons (Fsp3) is 0.400. The third-order valence-corrected chi connectivity index (χ3v) is 3.12. The largest absolute Gasteiger partial charge is 0.351 e. The van der Waals surface area contributed by atoms with Gasteiger partial charge < -0.3 is 5.32 Å². The molecule has 1 aromatic rings. The summed E-state index contributed by atoms with van der Waals surface area (Å²) in [5.41, 5.74) is 0.545. The summed E-state index contributed by atoms with van der Waals surface area (Å²) in [6.07, 6.45) is 3.54. The first-order valence-corrected chi connectivity index (χ1v) is 6.22. The van der Waals surface area contributed by atoms with Crippen LogP contribution in [0.5, 0.6) is 0 Å². The minimum Gasteiger partial charge on any atom is -0.351 e. The molecule has 1 heterocycles. The van der Waals surface area contributed by atoms with Crippen LogP contribution in [0.3, 0.4) is 0 Å². The zero-order valence-electron chi connectivity index (χ0n) is 8.66. The molecule has 0 saturated heterocycles. The van der Waals surface area contributed by atoms with Gasteiger partial charge in [-0.15, -0.1) is 0 Å². The number of hydrogen-bond donors (Lipinski definition) is 1. The van der Waals surface area contributed by atoms with Gasteiger partial charge >= 0.3 is 0 Å². The van der Waals surface area contributed by atoms with Crippen LogP contribution >= 0.6 is 23.4 Å². The molecule has 0 aliphatic carbocycles. The van der Waals surface area contributed by atoms with Gasteiger partial charge in [-0.25, -0.2) is 4.98 Å². The minimum atomic E-state index is -0.111. The smallest absolute Gasteiger partial charge is 0.251 e. The average molecular weight is 245 g/mol. The van der Waals surface area contributed by atoms with Crippen LogP contribution < -0.4 is 5.32 Å². The Kier molecular flexibility index (Phi) is 4.91. The lowest BCUT2D eigenvalue weighted by Crippen LogP contribution is -2.29. The highest BCUT2D eigenvalue weighted by Gasteiger charge is 2.07. The van der Waals surface area contributed by atoms with E-state index >= 15 is 0 Å². The van der Waals surface area contributed by atoms with Gasteiger partial charge in [-0.2, -0.15) is 11.8 Å². The minimum absolute atomic E-state index is 0.111. The van der Waals surface area contributed by atoms with Gasteiger partial charge in [0.05, 0.1) is 0 Å². The highest BCUT2D eigenvalue weighted by atomic mass is 35.5. The van der Waals surface area contributed by atoms with E-state index in [4.69, 9.17) is 11.6 Å². The van der Waals surface area contributed by atoms with Crippen molar-refractivity contribution in [2.45, 2.75) is 12.2 Å². The summed E-state index contributed by atoms with van der Waals surface area (Å²) in [7, 11) is 0. The number of carbonyl (C=O) groups excluding carboxylic acids is 1. The van der Waals surface area contributed by atoms with Crippen molar-refractivity contribution in [3.8, 4) is 0 Å². The molecular formula is C10H13ClN2OS. The topological polar surface area (TPSA) is 42.0 Å². The number of thioether (sulfide) groups is 1.